The van der Waals surface area contributed by atoms with Crippen molar-refractivity contribution in [1.82, 2.24) is 4.72 Å². The second-order valence-corrected chi connectivity index (χ2v) is 8.39. The lowest BCUT2D eigenvalue weighted by Crippen LogP contribution is -2.42. The summed E-state index contributed by atoms with van der Waals surface area (Å²) < 4.78 is 40.7. The van der Waals surface area contributed by atoms with Crippen LogP contribution >= 0.6 is 11.6 Å². The Morgan fingerprint density at radius 3 is 2.69 bits per heavy atom. The van der Waals surface area contributed by atoms with E-state index in [0.29, 0.717) is 34.8 Å². The molecular weight excluding hydrogens is 379 g/mol. The van der Waals surface area contributed by atoms with Crippen molar-refractivity contribution >= 4 is 33.2 Å². The summed E-state index contributed by atoms with van der Waals surface area (Å²) >= 11 is 6.01. The van der Waals surface area contributed by atoms with Crippen molar-refractivity contribution in [3.8, 4) is 0 Å². The summed E-state index contributed by atoms with van der Waals surface area (Å²) in [6.45, 7) is 1.98. The molecule has 1 aliphatic heterocycles. The minimum atomic E-state index is -3.74. The molecule has 2 aromatic carbocycles. The number of halogens is 2. The number of hydrogen-bond acceptors (Lipinski definition) is 3. The molecule has 26 heavy (non-hydrogen) atoms. The van der Waals surface area contributed by atoms with Crippen LogP contribution in [0.5, 0.6) is 0 Å². The maximum absolute atomic E-state index is 13.4. The zero-order chi connectivity index (χ0) is 18.9. The van der Waals surface area contributed by atoms with Crippen LogP contribution in [0.4, 0.5) is 10.1 Å². The highest BCUT2D eigenvalue weighted by atomic mass is 35.5. The Morgan fingerprint density at radius 2 is 2.00 bits per heavy atom. The second-order valence-electron chi connectivity index (χ2n) is 6.23. The van der Waals surface area contributed by atoms with E-state index >= 15 is 0 Å². The van der Waals surface area contributed by atoms with Gasteiger partial charge in [-0.1, -0.05) is 29.8 Å². The fourth-order valence-electron chi connectivity index (χ4n) is 2.92. The predicted octanol–water partition coefficient (Wildman–Crippen LogP) is 3.01. The van der Waals surface area contributed by atoms with Gasteiger partial charge in [-0.3, -0.25) is 4.79 Å². The van der Waals surface area contributed by atoms with Crippen molar-refractivity contribution in [1.29, 1.82) is 0 Å². The quantitative estimate of drug-likeness (QED) is 0.844. The summed E-state index contributed by atoms with van der Waals surface area (Å²) in [6.07, 6.45) is 0.344. The largest absolute Gasteiger partial charge is 0.311 e. The van der Waals surface area contributed by atoms with Gasteiger partial charge in [0.15, 0.2) is 0 Å². The van der Waals surface area contributed by atoms with E-state index in [1.54, 1.807) is 37.3 Å². The molecule has 0 bridgehead atoms. The smallest absolute Gasteiger partial charge is 0.245 e. The van der Waals surface area contributed by atoms with E-state index in [9.17, 15) is 17.6 Å². The van der Waals surface area contributed by atoms with E-state index in [2.05, 4.69) is 4.72 Å². The van der Waals surface area contributed by atoms with Crippen molar-refractivity contribution in [2.45, 2.75) is 25.1 Å². The van der Waals surface area contributed by atoms with Crippen LogP contribution in [0.1, 0.15) is 17.5 Å². The standard InChI is InChI=1S/C18H18ClFN2O3S/c1-12-10-14(6-7-16(12)20)22-9-8-17(18(22)23)21-26(24,25)11-13-4-2-3-5-15(13)19/h2-7,10,17,21H,8-9,11H2,1H3/t17-/m1/s1. The van der Waals surface area contributed by atoms with Gasteiger partial charge in [-0.25, -0.2) is 17.5 Å². The van der Waals surface area contributed by atoms with Gasteiger partial charge in [0.2, 0.25) is 15.9 Å². The van der Waals surface area contributed by atoms with Crippen molar-refractivity contribution in [3.05, 3.63) is 64.4 Å². The highest BCUT2D eigenvalue weighted by Gasteiger charge is 2.35. The van der Waals surface area contributed by atoms with Gasteiger partial charge < -0.3 is 4.90 Å². The summed E-state index contributed by atoms with van der Waals surface area (Å²) in [6, 6.07) is 10.2. The number of nitrogens with zero attached hydrogens (tertiary/aromatic N) is 1. The summed E-state index contributed by atoms with van der Waals surface area (Å²) in [5, 5.41) is 0.360. The van der Waals surface area contributed by atoms with Gasteiger partial charge >= 0.3 is 0 Å². The van der Waals surface area contributed by atoms with Crippen LogP contribution in [-0.4, -0.2) is 26.9 Å². The van der Waals surface area contributed by atoms with Gasteiger partial charge in [-0.2, -0.15) is 0 Å². The van der Waals surface area contributed by atoms with Gasteiger partial charge in [0.05, 0.1) is 5.75 Å². The molecule has 1 heterocycles. The lowest BCUT2D eigenvalue weighted by Gasteiger charge is -2.18. The van der Waals surface area contributed by atoms with Crippen LogP contribution < -0.4 is 9.62 Å². The molecule has 1 N–H and O–H groups in total. The molecule has 0 aromatic heterocycles. The lowest BCUT2D eigenvalue weighted by molar-refractivity contribution is -0.118. The number of hydrogen-bond donors (Lipinski definition) is 1. The fourth-order valence-corrected chi connectivity index (χ4v) is 4.60. The van der Waals surface area contributed by atoms with E-state index in [0.717, 1.165) is 0 Å². The zero-order valence-corrected chi connectivity index (χ0v) is 15.6. The van der Waals surface area contributed by atoms with Crippen LogP contribution in [0.2, 0.25) is 5.02 Å². The Hall–Kier alpha value is -1.96. The molecule has 1 fully saturated rings. The number of aryl methyl sites for hydroxylation is 1. The average molecular weight is 397 g/mol. The molecule has 0 unspecified atom stereocenters. The number of amides is 1. The van der Waals surface area contributed by atoms with E-state index in [4.69, 9.17) is 11.6 Å². The SMILES string of the molecule is Cc1cc(N2CC[C@@H](NS(=O)(=O)Cc3ccccc3Cl)C2=O)ccc1F. The molecule has 1 amide bonds. The molecule has 1 atom stereocenters. The van der Waals surface area contributed by atoms with Crippen LogP contribution in [-0.2, 0) is 20.6 Å². The number of nitrogens with one attached hydrogen (secondary N) is 1. The van der Waals surface area contributed by atoms with Crippen LogP contribution in [0, 0.1) is 12.7 Å². The first-order valence-corrected chi connectivity index (χ1v) is 10.1. The van der Waals surface area contributed by atoms with Crippen molar-refractivity contribution < 1.29 is 17.6 Å². The van der Waals surface area contributed by atoms with Crippen LogP contribution in [0.15, 0.2) is 42.5 Å². The molecule has 2 aromatic rings. The molecule has 3 rings (SSSR count). The Kier molecular flexibility index (Phi) is 5.32. The monoisotopic (exact) mass is 396 g/mol. The first kappa shape index (κ1) is 18.8. The summed E-state index contributed by atoms with van der Waals surface area (Å²) in [4.78, 5) is 14.0. The number of anilines is 1. The van der Waals surface area contributed by atoms with Gasteiger partial charge in [-0.15, -0.1) is 0 Å². The minimum absolute atomic E-state index is 0.299. The topological polar surface area (TPSA) is 66.5 Å². The van der Waals surface area contributed by atoms with Crippen molar-refractivity contribution in [3.63, 3.8) is 0 Å². The van der Waals surface area contributed by atoms with Crippen LogP contribution in [0.3, 0.4) is 0 Å². The fraction of sp³-hybridized carbons (Fsp3) is 0.278. The molecule has 1 saturated heterocycles. The van der Waals surface area contributed by atoms with E-state index in [1.165, 1.54) is 17.0 Å². The number of carbonyl (C=O) groups excluding carboxylic acids is 1. The average Bonchev–Trinajstić information content (AvgIpc) is 2.92. The predicted molar refractivity (Wildman–Crippen MR) is 99.1 cm³/mol. The first-order valence-electron chi connectivity index (χ1n) is 8.08. The van der Waals surface area contributed by atoms with Gasteiger partial charge in [0.25, 0.3) is 0 Å². The summed E-state index contributed by atoms with van der Waals surface area (Å²) in [5.74, 6) is -0.998. The maximum atomic E-state index is 13.4. The highest BCUT2D eigenvalue weighted by molar-refractivity contribution is 7.88. The highest BCUT2D eigenvalue weighted by Crippen LogP contribution is 2.25. The maximum Gasteiger partial charge on any atom is 0.245 e. The molecule has 0 aliphatic carbocycles. The lowest BCUT2D eigenvalue weighted by atomic mass is 10.2. The molecule has 138 valence electrons. The molecule has 1 aliphatic rings. The molecule has 8 heteroatoms. The third-order valence-electron chi connectivity index (χ3n) is 4.28. The van der Waals surface area contributed by atoms with Crippen LogP contribution in [0.25, 0.3) is 0 Å². The normalized spacial score (nSPS) is 17.7. The first-order chi connectivity index (χ1) is 12.3. The number of benzene rings is 2. The molecule has 0 radical (unpaired) electrons. The number of carbonyl (C=O) groups is 1. The number of sulfonamides is 1. The Morgan fingerprint density at radius 1 is 1.27 bits per heavy atom. The summed E-state index contributed by atoms with van der Waals surface area (Å²) in [7, 11) is -3.74. The van der Waals surface area contributed by atoms with E-state index in [1.807, 2.05) is 0 Å². The minimum Gasteiger partial charge on any atom is -0.311 e. The van der Waals surface area contributed by atoms with Crippen molar-refractivity contribution in [2.24, 2.45) is 0 Å². The van der Waals surface area contributed by atoms with Gasteiger partial charge in [0.1, 0.15) is 11.9 Å². The number of rotatable bonds is 5. The Bertz CT molecular complexity index is 949. The second kappa shape index (κ2) is 7.34. The Balaban J connectivity index is 1.72. The van der Waals surface area contributed by atoms with Gasteiger partial charge in [0, 0.05) is 17.3 Å². The molecule has 5 nitrogen and oxygen atoms in total. The van der Waals surface area contributed by atoms with Gasteiger partial charge in [-0.05, 0) is 48.7 Å². The summed E-state index contributed by atoms with van der Waals surface area (Å²) in [5.41, 5.74) is 1.46. The molecule has 0 saturated carbocycles. The van der Waals surface area contributed by atoms with E-state index in [-0.39, 0.29) is 17.5 Å². The third-order valence-corrected chi connectivity index (χ3v) is 5.99. The third kappa shape index (κ3) is 4.06. The molecule has 0 spiro atoms. The molecular formula is C18H18ClFN2O3S. The zero-order valence-electron chi connectivity index (χ0n) is 14.1. The Labute approximate surface area is 156 Å². The van der Waals surface area contributed by atoms with E-state index < -0.39 is 16.1 Å². The van der Waals surface area contributed by atoms with Crippen molar-refractivity contribution in [2.75, 3.05) is 11.4 Å².